The molecule has 1 nitrogen and oxygen atoms in total. The van der Waals surface area contributed by atoms with E-state index in [-0.39, 0.29) is 5.41 Å². The van der Waals surface area contributed by atoms with E-state index in [2.05, 4.69) is 75.4 Å². The Morgan fingerprint density at radius 3 is 2.57 bits per heavy atom. The molecule has 0 saturated carbocycles. The molecule has 0 aliphatic rings. The van der Waals surface area contributed by atoms with Crippen LogP contribution in [-0.2, 0) is 11.8 Å². The van der Waals surface area contributed by atoms with Crippen molar-refractivity contribution in [1.29, 1.82) is 0 Å². The standard InChI is InChI=1S/C20H21N/c1-4-15-8-7-10-17(14-15)20(2,3)19-18-11-6-5-9-16(18)12-13-21-19/h5-14H,4H2,1-3H3. The summed E-state index contributed by atoms with van der Waals surface area (Å²) in [6.45, 7) is 6.72. The summed E-state index contributed by atoms with van der Waals surface area (Å²) in [7, 11) is 0. The van der Waals surface area contributed by atoms with Crippen molar-refractivity contribution in [2.75, 3.05) is 0 Å². The van der Waals surface area contributed by atoms with Crippen LogP contribution in [-0.4, -0.2) is 4.98 Å². The lowest BCUT2D eigenvalue weighted by Gasteiger charge is -2.26. The van der Waals surface area contributed by atoms with Crippen LogP contribution in [0.4, 0.5) is 0 Å². The first-order valence-corrected chi connectivity index (χ1v) is 7.56. The summed E-state index contributed by atoms with van der Waals surface area (Å²) in [5, 5.41) is 2.49. The number of pyridine rings is 1. The van der Waals surface area contributed by atoms with Gasteiger partial charge >= 0.3 is 0 Å². The molecule has 0 unspecified atom stereocenters. The number of aryl methyl sites for hydroxylation is 1. The number of benzene rings is 2. The smallest absolute Gasteiger partial charge is 0.0581 e. The van der Waals surface area contributed by atoms with Crippen LogP contribution in [0, 0.1) is 0 Å². The molecule has 3 rings (SSSR count). The first-order chi connectivity index (χ1) is 10.1. The van der Waals surface area contributed by atoms with Crippen LogP contribution in [0.3, 0.4) is 0 Å². The minimum absolute atomic E-state index is 0.105. The van der Waals surface area contributed by atoms with Gasteiger partial charge in [0.1, 0.15) is 0 Å². The molecule has 0 radical (unpaired) electrons. The molecule has 0 spiro atoms. The second-order valence-corrected chi connectivity index (χ2v) is 6.06. The zero-order chi connectivity index (χ0) is 14.9. The van der Waals surface area contributed by atoms with E-state index in [4.69, 9.17) is 4.98 Å². The molecular formula is C20H21N. The second-order valence-electron chi connectivity index (χ2n) is 6.06. The third kappa shape index (κ3) is 2.44. The van der Waals surface area contributed by atoms with Crippen molar-refractivity contribution in [2.45, 2.75) is 32.6 Å². The zero-order valence-corrected chi connectivity index (χ0v) is 12.9. The zero-order valence-electron chi connectivity index (χ0n) is 12.9. The van der Waals surface area contributed by atoms with Gasteiger partial charge < -0.3 is 0 Å². The van der Waals surface area contributed by atoms with Gasteiger partial charge in [0.15, 0.2) is 0 Å². The van der Waals surface area contributed by atoms with E-state index in [0.29, 0.717) is 0 Å². The van der Waals surface area contributed by atoms with Crippen LogP contribution in [0.5, 0.6) is 0 Å². The number of fused-ring (bicyclic) bond motifs is 1. The molecule has 3 aromatic rings. The Bertz CT molecular complexity index is 766. The normalized spacial score (nSPS) is 11.8. The number of rotatable bonds is 3. The molecule has 0 aliphatic carbocycles. The summed E-state index contributed by atoms with van der Waals surface area (Å²) < 4.78 is 0. The summed E-state index contributed by atoms with van der Waals surface area (Å²) >= 11 is 0. The fourth-order valence-electron chi connectivity index (χ4n) is 2.93. The molecule has 106 valence electrons. The van der Waals surface area contributed by atoms with Gasteiger partial charge in [-0.05, 0) is 29.0 Å². The van der Waals surface area contributed by atoms with Gasteiger partial charge in [0.2, 0.25) is 0 Å². The van der Waals surface area contributed by atoms with E-state index in [0.717, 1.165) is 12.1 Å². The van der Waals surface area contributed by atoms with Crippen LogP contribution in [0.2, 0.25) is 0 Å². The van der Waals surface area contributed by atoms with Crippen LogP contribution in [0.25, 0.3) is 10.8 Å². The van der Waals surface area contributed by atoms with Crippen molar-refractivity contribution in [3.8, 4) is 0 Å². The predicted molar refractivity (Wildman–Crippen MR) is 89.7 cm³/mol. The summed E-state index contributed by atoms with van der Waals surface area (Å²) in [6.07, 6.45) is 2.98. The average molecular weight is 275 g/mol. The van der Waals surface area contributed by atoms with Crippen molar-refractivity contribution in [3.63, 3.8) is 0 Å². The van der Waals surface area contributed by atoms with E-state index in [1.807, 2.05) is 6.20 Å². The molecule has 0 aliphatic heterocycles. The van der Waals surface area contributed by atoms with E-state index in [9.17, 15) is 0 Å². The number of aromatic nitrogens is 1. The molecule has 1 heterocycles. The molecular weight excluding hydrogens is 254 g/mol. The number of hydrogen-bond donors (Lipinski definition) is 0. The fraction of sp³-hybridized carbons (Fsp3) is 0.250. The van der Waals surface area contributed by atoms with Crippen LogP contribution in [0.1, 0.15) is 37.6 Å². The van der Waals surface area contributed by atoms with Gasteiger partial charge in [0.05, 0.1) is 5.69 Å². The van der Waals surface area contributed by atoms with E-state index in [1.54, 1.807) is 0 Å². The highest BCUT2D eigenvalue weighted by molar-refractivity contribution is 5.85. The summed E-state index contributed by atoms with van der Waals surface area (Å²) in [6, 6.07) is 19.4. The maximum atomic E-state index is 4.71. The molecule has 1 aromatic heterocycles. The highest BCUT2D eigenvalue weighted by Gasteiger charge is 2.26. The third-order valence-corrected chi connectivity index (χ3v) is 4.32. The lowest BCUT2D eigenvalue weighted by Crippen LogP contribution is -2.21. The first-order valence-electron chi connectivity index (χ1n) is 7.56. The Morgan fingerprint density at radius 2 is 1.76 bits per heavy atom. The molecule has 0 bridgehead atoms. The van der Waals surface area contributed by atoms with Crippen LogP contribution in [0.15, 0.2) is 60.8 Å². The van der Waals surface area contributed by atoms with Gasteiger partial charge in [-0.3, -0.25) is 4.98 Å². The molecule has 1 heteroatoms. The van der Waals surface area contributed by atoms with Gasteiger partial charge in [0, 0.05) is 17.0 Å². The van der Waals surface area contributed by atoms with Gasteiger partial charge in [-0.25, -0.2) is 0 Å². The average Bonchev–Trinajstić information content (AvgIpc) is 2.54. The molecule has 21 heavy (non-hydrogen) atoms. The Balaban J connectivity index is 2.19. The number of nitrogens with zero attached hydrogens (tertiary/aromatic N) is 1. The predicted octanol–water partition coefficient (Wildman–Crippen LogP) is 5.12. The van der Waals surface area contributed by atoms with Crippen molar-refractivity contribution < 1.29 is 0 Å². The minimum atomic E-state index is -0.105. The van der Waals surface area contributed by atoms with E-state index in [1.165, 1.54) is 21.9 Å². The lowest BCUT2D eigenvalue weighted by atomic mass is 9.79. The Labute approximate surface area is 126 Å². The largest absolute Gasteiger partial charge is 0.260 e. The topological polar surface area (TPSA) is 12.9 Å². The molecule has 0 amide bonds. The fourth-order valence-corrected chi connectivity index (χ4v) is 2.93. The minimum Gasteiger partial charge on any atom is -0.260 e. The van der Waals surface area contributed by atoms with Gasteiger partial charge in [0.25, 0.3) is 0 Å². The van der Waals surface area contributed by atoms with Crippen molar-refractivity contribution in [2.24, 2.45) is 0 Å². The van der Waals surface area contributed by atoms with Gasteiger partial charge in [-0.1, -0.05) is 69.3 Å². The summed E-state index contributed by atoms with van der Waals surface area (Å²) in [5.41, 5.74) is 3.74. The Hall–Kier alpha value is -2.15. The first kappa shape index (κ1) is 13.8. The van der Waals surface area contributed by atoms with Crippen LogP contribution >= 0.6 is 0 Å². The van der Waals surface area contributed by atoms with Crippen molar-refractivity contribution in [3.05, 3.63) is 77.6 Å². The van der Waals surface area contributed by atoms with E-state index < -0.39 is 0 Å². The van der Waals surface area contributed by atoms with Crippen molar-refractivity contribution >= 4 is 10.8 Å². The SMILES string of the molecule is CCc1cccc(C(C)(C)c2nccc3ccccc23)c1. The maximum Gasteiger partial charge on any atom is 0.0581 e. The number of hydrogen-bond acceptors (Lipinski definition) is 1. The third-order valence-electron chi connectivity index (χ3n) is 4.32. The second kappa shape index (κ2) is 5.33. The lowest BCUT2D eigenvalue weighted by molar-refractivity contribution is 0.623. The van der Waals surface area contributed by atoms with E-state index >= 15 is 0 Å². The molecule has 0 atom stereocenters. The maximum absolute atomic E-state index is 4.71. The highest BCUT2D eigenvalue weighted by atomic mass is 14.7. The van der Waals surface area contributed by atoms with Gasteiger partial charge in [-0.2, -0.15) is 0 Å². The molecule has 2 aromatic carbocycles. The summed E-state index contributed by atoms with van der Waals surface area (Å²) in [5.74, 6) is 0. The molecule has 0 saturated heterocycles. The Morgan fingerprint density at radius 1 is 0.952 bits per heavy atom. The van der Waals surface area contributed by atoms with Crippen molar-refractivity contribution in [1.82, 2.24) is 4.98 Å². The summed E-state index contributed by atoms with van der Waals surface area (Å²) in [4.78, 5) is 4.71. The van der Waals surface area contributed by atoms with Gasteiger partial charge in [-0.15, -0.1) is 0 Å². The van der Waals surface area contributed by atoms with Crippen LogP contribution < -0.4 is 0 Å². The monoisotopic (exact) mass is 275 g/mol. The molecule has 0 N–H and O–H groups in total. The highest BCUT2D eigenvalue weighted by Crippen LogP contribution is 2.34. The quantitative estimate of drug-likeness (QED) is 0.646. The molecule has 0 fully saturated rings. The Kier molecular flexibility index (Phi) is 3.50.